The fourth-order valence-electron chi connectivity index (χ4n) is 4.19. The second kappa shape index (κ2) is 10.7. The summed E-state index contributed by atoms with van der Waals surface area (Å²) >= 11 is 3.16. The minimum absolute atomic E-state index is 0.0529. The van der Waals surface area contributed by atoms with Gasteiger partial charge in [-0.25, -0.2) is 9.69 Å². The highest BCUT2D eigenvalue weighted by Gasteiger charge is 2.55. The number of ketones is 1. The van der Waals surface area contributed by atoms with Gasteiger partial charge in [-0.2, -0.15) is 0 Å². The van der Waals surface area contributed by atoms with Gasteiger partial charge in [-0.05, 0) is 48.2 Å². The Morgan fingerprint density at radius 1 is 1.31 bits per heavy atom. The van der Waals surface area contributed by atoms with E-state index in [-0.39, 0.29) is 36.6 Å². The number of cyclic esters (lactones) is 1. The van der Waals surface area contributed by atoms with Crippen LogP contribution in [0.5, 0.6) is 0 Å². The summed E-state index contributed by atoms with van der Waals surface area (Å²) in [7, 11) is 1.23. The summed E-state index contributed by atoms with van der Waals surface area (Å²) in [4.78, 5) is 39.6. The predicted molar refractivity (Wildman–Crippen MR) is 116 cm³/mol. The molecule has 2 aliphatic heterocycles. The Hall–Kier alpha value is -1.37. The largest absolute Gasteiger partial charge is 0.441 e. The molecule has 182 valence electrons. The molecule has 4 atom stereocenters. The highest BCUT2D eigenvalue weighted by atomic mass is 79.9. The van der Waals surface area contributed by atoms with Crippen LogP contribution in [0.2, 0.25) is 0 Å². The van der Waals surface area contributed by atoms with Crippen molar-refractivity contribution in [2.75, 3.05) is 26.9 Å². The van der Waals surface area contributed by atoms with Crippen LogP contribution in [-0.2, 0) is 28.5 Å². The van der Waals surface area contributed by atoms with Gasteiger partial charge in [0.1, 0.15) is 5.60 Å². The molecular weight excluding hydrogens is 490 g/mol. The van der Waals surface area contributed by atoms with Gasteiger partial charge in [-0.1, -0.05) is 13.8 Å². The third-order valence-corrected chi connectivity index (χ3v) is 6.31. The lowest BCUT2D eigenvalue weighted by atomic mass is 9.88. The van der Waals surface area contributed by atoms with Crippen LogP contribution >= 0.6 is 15.9 Å². The van der Waals surface area contributed by atoms with Crippen LogP contribution in [0.3, 0.4) is 0 Å². The van der Waals surface area contributed by atoms with Gasteiger partial charge in [0, 0.05) is 20.1 Å². The van der Waals surface area contributed by atoms with E-state index in [4.69, 9.17) is 24.1 Å². The van der Waals surface area contributed by atoms with Crippen molar-refractivity contribution in [3.05, 3.63) is 10.6 Å². The lowest BCUT2D eigenvalue weighted by molar-refractivity contribution is -0.227. The number of aliphatic hydroxyl groups is 2. The molecule has 1 saturated heterocycles. The first-order valence-corrected chi connectivity index (χ1v) is 11.3. The van der Waals surface area contributed by atoms with E-state index in [9.17, 15) is 19.5 Å². The molecule has 10 nitrogen and oxygen atoms in total. The average Bonchev–Trinajstić information content (AvgIpc) is 2.94. The molecule has 2 heterocycles. The van der Waals surface area contributed by atoms with Gasteiger partial charge in [0.2, 0.25) is 0 Å². The summed E-state index contributed by atoms with van der Waals surface area (Å²) in [5.41, 5.74) is -0.922. The molecule has 2 rings (SSSR count). The Balaban J connectivity index is 2.24. The second-order valence-corrected chi connectivity index (χ2v) is 9.54. The topological polar surface area (TPSA) is 132 Å². The first-order chi connectivity index (χ1) is 14.9. The molecule has 1 fully saturated rings. The van der Waals surface area contributed by atoms with E-state index in [2.05, 4.69) is 15.9 Å². The van der Waals surface area contributed by atoms with Crippen molar-refractivity contribution in [1.29, 1.82) is 0 Å². The van der Waals surface area contributed by atoms with Crippen LogP contribution in [-0.4, -0.2) is 89.5 Å². The highest BCUT2D eigenvalue weighted by molar-refractivity contribution is 9.11. The van der Waals surface area contributed by atoms with E-state index in [0.29, 0.717) is 6.42 Å². The smallest absolute Gasteiger partial charge is 0.417 e. The van der Waals surface area contributed by atoms with Gasteiger partial charge in [0.05, 0.1) is 23.7 Å². The Morgan fingerprint density at radius 2 is 1.97 bits per heavy atom. The van der Waals surface area contributed by atoms with Gasteiger partial charge in [-0.15, -0.1) is 0 Å². The summed E-state index contributed by atoms with van der Waals surface area (Å²) in [6.45, 7) is 7.44. The van der Waals surface area contributed by atoms with Crippen LogP contribution in [0.25, 0.3) is 0 Å². The zero-order valence-corrected chi connectivity index (χ0v) is 20.6. The van der Waals surface area contributed by atoms with Crippen molar-refractivity contribution in [3.63, 3.8) is 0 Å². The van der Waals surface area contributed by atoms with Crippen LogP contribution in [0.15, 0.2) is 10.6 Å². The number of ether oxygens (including phenoxy) is 4. The molecule has 0 unspecified atom stereocenters. The predicted octanol–water partition coefficient (Wildman–Crippen LogP) is 1.51. The van der Waals surface area contributed by atoms with Gasteiger partial charge in [0.15, 0.2) is 23.8 Å². The molecule has 0 spiro atoms. The summed E-state index contributed by atoms with van der Waals surface area (Å²) < 4.78 is 21.7. The Bertz CT molecular complexity index is 754. The molecule has 2 N–H and O–H groups in total. The van der Waals surface area contributed by atoms with Crippen LogP contribution < -0.4 is 0 Å². The van der Waals surface area contributed by atoms with Gasteiger partial charge in [0.25, 0.3) is 5.91 Å². The quantitative estimate of drug-likeness (QED) is 0.410. The number of rotatable bonds is 10. The van der Waals surface area contributed by atoms with Crippen molar-refractivity contribution >= 4 is 33.7 Å². The van der Waals surface area contributed by atoms with Crippen molar-refractivity contribution in [2.45, 2.75) is 70.2 Å². The maximum atomic E-state index is 13.4. The van der Waals surface area contributed by atoms with Crippen LogP contribution in [0, 0.1) is 5.92 Å². The number of methoxy groups -OCH3 is 1. The Labute approximate surface area is 195 Å². The summed E-state index contributed by atoms with van der Waals surface area (Å²) in [6, 6.07) is -0.580. The van der Waals surface area contributed by atoms with E-state index in [1.165, 1.54) is 7.11 Å². The lowest BCUT2D eigenvalue weighted by Gasteiger charge is -2.38. The van der Waals surface area contributed by atoms with Crippen molar-refractivity contribution < 1.29 is 43.5 Å². The number of halogens is 1. The van der Waals surface area contributed by atoms with E-state index in [1.807, 2.05) is 13.8 Å². The van der Waals surface area contributed by atoms with E-state index < -0.39 is 47.4 Å². The number of aliphatic hydroxyl groups excluding tert-OH is 1. The molecule has 0 saturated carbocycles. The molecular formula is C21H32BrNO9. The Morgan fingerprint density at radius 3 is 2.53 bits per heavy atom. The lowest BCUT2D eigenvalue weighted by Crippen LogP contribution is -2.58. The number of hydrogen-bond acceptors (Lipinski definition) is 9. The molecule has 0 radical (unpaired) electrons. The first-order valence-electron chi connectivity index (χ1n) is 10.5. The maximum absolute atomic E-state index is 13.4. The van der Waals surface area contributed by atoms with Crippen molar-refractivity contribution in [1.82, 2.24) is 4.90 Å². The standard InChI is InChI=1S/C21H32BrNO9/c1-12(2)17-20(3,4)32-19(27)23(17)18(26)16(29-5)15-13(25)11-14(22)21(28,31-15)7-6-9-30-10-8-24/h11-12,15-17,24,28H,6-10H2,1-5H3/t15-,16-,17-,21+/m1/s1. The second-order valence-electron chi connectivity index (χ2n) is 8.68. The number of carbonyl (C=O) groups excluding carboxylic acids is 3. The number of carbonyl (C=O) groups is 3. The number of amides is 2. The van der Waals surface area contributed by atoms with Crippen molar-refractivity contribution in [3.8, 4) is 0 Å². The molecule has 0 aromatic rings. The van der Waals surface area contributed by atoms with E-state index in [0.717, 1.165) is 11.0 Å². The molecule has 0 aromatic heterocycles. The third-order valence-electron chi connectivity index (χ3n) is 5.46. The number of imide groups is 1. The fraction of sp³-hybridized carbons (Fsp3) is 0.762. The summed E-state index contributed by atoms with van der Waals surface area (Å²) in [5, 5.41) is 19.8. The Kier molecular flexibility index (Phi) is 8.99. The van der Waals surface area contributed by atoms with Gasteiger partial charge >= 0.3 is 6.09 Å². The molecule has 2 amide bonds. The molecule has 32 heavy (non-hydrogen) atoms. The minimum Gasteiger partial charge on any atom is -0.441 e. The average molecular weight is 522 g/mol. The highest BCUT2D eigenvalue weighted by Crippen LogP contribution is 2.38. The maximum Gasteiger partial charge on any atom is 0.417 e. The monoisotopic (exact) mass is 521 g/mol. The van der Waals surface area contributed by atoms with Gasteiger partial charge < -0.3 is 29.2 Å². The number of hydrogen-bond donors (Lipinski definition) is 2. The molecule has 0 aliphatic carbocycles. The molecule has 0 bridgehead atoms. The van der Waals surface area contributed by atoms with Crippen molar-refractivity contribution in [2.24, 2.45) is 5.92 Å². The number of nitrogens with zero attached hydrogens (tertiary/aromatic N) is 1. The summed E-state index contributed by atoms with van der Waals surface area (Å²) in [6.07, 6.45) is -2.21. The van der Waals surface area contributed by atoms with Crippen LogP contribution in [0.4, 0.5) is 4.79 Å². The normalized spacial score (nSPS) is 28.7. The molecule has 0 aromatic carbocycles. The van der Waals surface area contributed by atoms with E-state index in [1.54, 1.807) is 13.8 Å². The first kappa shape index (κ1) is 26.9. The van der Waals surface area contributed by atoms with E-state index >= 15 is 0 Å². The fourth-order valence-corrected chi connectivity index (χ4v) is 4.71. The zero-order valence-electron chi connectivity index (χ0n) is 19.0. The van der Waals surface area contributed by atoms with Gasteiger partial charge in [-0.3, -0.25) is 9.59 Å². The third kappa shape index (κ3) is 5.57. The minimum atomic E-state index is -1.89. The SMILES string of the molecule is CO[C@@H](C(=O)N1C(=O)OC(C)(C)[C@H]1C(C)C)[C@@H]1O[C@@](O)(CCCOCCO)C(Br)=CC1=O. The molecule has 2 aliphatic rings. The van der Waals surface area contributed by atoms with Crippen LogP contribution in [0.1, 0.15) is 40.5 Å². The zero-order chi connectivity index (χ0) is 24.3. The summed E-state index contributed by atoms with van der Waals surface area (Å²) in [5.74, 6) is -3.38. The molecule has 11 heteroatoms.